The number of aromatic nitrogens is 1. The maximum atomic E-state index is 13.2. The Balaban J connectivity index is 1.74. The highest BCUT2D eigenvalue weighted by atomic mass is 32.2. The molecule has 0 radical (unpaired) electrons. The van der Waals surface area contributed by atoms with E-state index in [1.807, 2.05) is 37.3 Å². The first-order valence-electron chi connectivity index (χ1n) is 8.57. The monoisotopic (exact) mass is 411 g/mol. The minimum absolute atomic E-state index is 0.0938. The van der Waals surface area contributed by atoms with Gasteiger partial charge in [-0.3, -0.25) is 0 Å². The summed E-state index contributed by atoms with van der Waals surface area (Å²) in [6, 6.07) is 19.8. The summed E-state index contributed by atoms with van der Waals surface area (Å²) in [5.41, 5.74) is 2.04. The van der Waals surface area contributed by atoms with Gasteiger partial charge in [-0.15, -0.1) is 0 Å². The number of aryl methyl sites for hydroxylation is 1. The van der Waals surface area contributed by atoms with Gasteiger partial charge in [0.25, 0.3) is 5.89 Å². The van der Waals surface area contributed by atoms with Gasteiger partial charge in [0, 0.05) is 5.75 Å². The Morgan fingerprint density at radius 3 is 2.39 bits per heavy atom. The Kier molecular flexibility index (Phi) is 5.11. The molecule has 142 valence electrons. The number of thioether (sulfide) groups is 1. The fourth-order valence-corrected chi connectivity index (χ4v) is 5.10. The zero-order valence-corrected chi connectivity index (χ0v) is 16.7. The van der Waals surface area contributed by atoms with Crippen molar-refractivity contribution >= 4 is 21.6 Å². The highest BCUT2D eigenvalue weighted by Crippen LogP contribution is 2.36. The number of sulfone groups is 1. The van der Waals surface area contributed by atoms with Gasteiger partial charge in [0.05, 0.1) is 11.2 Å². The van der Waals surface area contributed by atoms with Crippen molar-refractivity contribution in [1.29, 1.82) is 0 Å². The van der Waals surface area contributed by atoms with E-state index in [0.717, 1.165) is 11.1 Å². The maximum absolute atomic E-state index is 13.2. The van der Waals surface area contributed by atoms with Crippen LogP contribution in [0.3, 0.4) is 0 Å². The SMILES string of the molecule is Cc1ccc(S(=O)(=O)c2nc(-c3ccco3)oc2SCc2ccccc2)cc1. The van der Waals surface area contributed by atoms with Crippen molar-refractivity contribution in [1.82, 2.24) is 4.98 Å². The first-order chi connectivity index (χ1) is 13.5. The molecule has 0 bridgehead atoms. The van der Waals surface area contributed by atoms with E-state index < -0.39 is 9.84 Å². The maximum Gasteiger partial charge on any atom is 0.265 e. The largest absolute Gasteiger partial charge is 0.459 e. The van der Waals surface area contributed by atoms with Gasteiger partial charge in [-0.05, 0) is 36.8 Å². The van der Waals surface area contributed by atoms with Crippen LogP contribution in [-0.4, -0.2) is 13.4 Å². The first kappa shape index (κ1) is 18.6. The van der Waals surface area contributed by atoms with Crippen LogP contribution in [0, 0.1) is 6.92 Å². The minimum Gasteiger partial charge on any atom is -0.459 e. The molecule has 4 rings (SSSR count). The first-order valence-corrected chi connectivity index (χ1v) is 11.0. The molecule has 7 heteroatoms. The zero-order chi connectivity index (χ0) is 19.6. The van der Waals surface area contributed by atoms with Crippen molar-refractivity contribution < 1.29 is 17.3 Å². The van der Waals surface area contributed by atoms with Crippen molar-refractivity contribution in [2.24, 2.45) is 0 Å². The summed E-state index contributed by atoms with van der Waals surface area (Å²) in [6.45, 7) is 1.91. The number of hydrogen-bond acceptors (Lipinski definition) is 6. The van der Waals surface area contributed by atoms with Crippen LogP contribution >= 0.6 is 11.8 Å². The number of hydrogen-bond donors (Lipinski definition) is 0. The Morgan fingerprint density at radius 1 is 0.964 bits per heavy atom. The molecule has 5 nitrogen and oxygen atoms in total. The highest BCUT2D eigenvalue weighted by molar-refractivity contribution is 7.99. The summed E-state index contributed by atoms with van der Waals surface area (Å²) in [4.78, 5) is 4.45. The van der Waals surface area contributed by atoms with Crippen LogP contribution in [0.25, 0.3) is 11.7 Å². The van der Waals surface area contributed by atoms with Gasteiger partial charge < -0.3 is 8.83 Å². The van der Waals surface area contributed by atoms with E-state index in [1.165, 1.54) is 18.0 Å². The summed E-state index contributed by atoms with van der Waals surface area (Å²) in [6.07, 6.45) is 1.49. The number of benzene rings is 2. The summed E-state index contributed by atoms with van der Waals surface area (Å²) in [7, 11) is -3.83. The predicted molar refractivity (Wildman–Crippen MR) is 107 cm³/mol. The Labute approximate surface area is 167 Å². The Morgan fingerprint density at radius 2 is 1.71 bits per heavy atom. The minimum atomic E-state index is -3.83. The number of rotatable bonds is 6. The van der Waals surface area contributed by atoms with E-state index in [1.54, 1.807) is 36.4 Å². The molecule has 0 amide bonds. The fourth-order valence-electron chi connectivity index (χ4n) is 2.61. The summed E-state index contributed by atoms with van der Waals surface area (Å²) >= 11 is 1.29. The molecule has 0 N–H and O–H groups in total. The topological polar surface area (TPSA) is 73.3 Å². The third-order valence-corrected chi connectivity index (χ3v) is 6.92. The van der Waals surface area contributed by atoms with Crippen LogP contribution in [-0.2, 0) is 15.6 Å². The number of furan rings is 1. The lowest BCUT2D eigenvalue weighted by Gasteiger charge is -2.04. The highest BCUT2D eigenvalue weighted by Gasteiger charge is 2.29. The molecular formula is C21H17NO4S2. The second-order valence-electron chi connectivity index (χ2n) is 6.18. The third-order valence-electron chi connectivity index (χ3n) is 4.10. The van der Waals surface area contributed by atoms with Gasteiger partial charge in [-0.25, -0.2) is 8.42 Å². The average molecular weight is 412 g/mol. The molecule has 0 aliphatic heterocycles. The van der Waals surface area contributed by atoms with Crippen molar-refractivity contribution in [3.8, 4) is 11.7 Å². The fraction of sp³-hybridized carbons (Fsp3) is 0.0952. The average Bonchev–Trinajstić information content (AvgIpc) is 3.37. The van der Waals surface area contributed by atoms with Gasteiger partial charge >= 0.3 is 0 Å². The lowest BCUT2D eigenvalue weighted by atomic mass is 10.2. The van der Waals surface area contributed by atoms with Gasteiger partial charge in [0.15, 0.2) is 5.76 Å². The van der Waals surface area contributed by atoms with Crippen LogP contribution in [0.1, 0.15) is 11.1 Å². The lowest BCUT2D eigenvalue weighted by Crippen LogP contribution is -2.04. The smallest absolute Gasteiger partial charge is 0.265 e. The van der Waals surface area contributed by atoms with Gasteiger partial charge in [0.2, 0.25) is 20.0 Å². The predicted octanol–water partition coefficient (Wildman–Crippen LogP) is 5.37. The summed E-state index contributed by atoms with van der Waals surface area (Å²) in [5.74, 6) is 1.09. The molecular weight excluding hydrogens is 394 g/mol. The zero-order valence-electron chi connectivity index (χ0n) is 15.0. The van der Waals surface area contributed by atoms with Crippen LogP contribution in [0.15, 0.2) is 96.8 Å². The molecule has 0 saturated carbocycles. The van der Waals surface area contributed by atoms with Crippen LogP contribution in [0.4, 0.5) is 0 Å². The second-order valence-corrected chi connectivity index (χ2v) is 8.99. The van der Waals surface area contributed by atoms with Crippen molar-refractivity contribution in [2.45, 2.75) is 27.7 Å². The van der Waals surface area contributed by atoms with E-state index >= 15 is 0 Å². The normalized spacial score (nSPS) is 11.6. The molecule has 2 aromatic carbocycles. The molecule has 0 spiro atoms. The summed E-state index contributed by atoms with van der Waals surface area (Å²) in [5, 5.41) is 0.152. The number of nitrogens with zero attached hydrogens (tertiary/aromatic N) is 1. The Bertz CT molecular complexity index is 1160. The molecule has 0 aliphatic rings. The molecule has 0 unspecified atom stereocenters. The molecule has 0 fully saturated rings. The molecule has 0 aliphatic carbocycles. The summed E-state index contributed by atoms with van der Waals surface area (Å²) < 4.78 is 37.5. The van der Waals surface area contributed by atoms with Crippen molar-refractivity contribution in [3.63, 3.8) is 0 Å². The molecule has 28 heavy (non-hydrogen) atoms. The van der Waals surface area contributed by atoms with Crippen molar-refractivity contribution in [2.75, 3.05) is 0 Å². The van der Waals surface area contributed by atoms with E-state index in [0.29, 0.717) is 11.5 Å². The second kappa shape index (κ2) is 7.69. The molecule has 2 heterocycles. The van der Waals surface area contributed by atoms with Gasteiger partial charge in [-0.2, -0.15) is 4.98 Å². The van der Waals surface area contributed by atoms with Crippen LogP contribution < -0.4 is 0 Å². The Hall–Kier alpha value is -2.77. The van der Waals surface area contributed by atoms with Gasteiger partial charge in [0.1, 0.15) is 0 Å². The van der Waals surface area contributed by atoms with Crippen LogP contribution in [0.2, 0.25) is 0 Å². The molecule has 2 aromatic heterocycles. The van der Waals surface area contributed by atoms with Crippen molar-refractivity contribution in [3.05, 3.63) is 84.1 Å². The lowest BCUT2D eigenvalue weighted by molar-refractivity contribution is 0.451. The van der Waals surface area contributed by atoms with E-state index in [2.05, 4.69) is 4.98 Å². The molecule has 0 saturated heterocycles. The van der Waals surface area contributed by atoms with Gasteiger partial charge in [-0.1, -0.05) is 59.8 Å². The number of oxazole rings is 1. The van der Waals surface area contributed by atoms with E-state index in [-0.39, 0.29) is 20.9 Å². The quantitative estimate of drug-likeness (QED) is 0.397. The molecule has 4 aromatic rings. The van der Waals surface area contributed by atoms with E-state index in [4.69, 9.17) is 8.83 Å². The van der Waals surface area contributed by atoms with Crippen LogP contribution in [0.5, 0.6) is 0 Å². The third kappa shape index (κ3) is 3.76. The standard InChI is InChI=1S/C21H17NO4S2/c1-15-9-11-17(12-10-15)28(23,24)20-21(27-14-16-6-3-2-4-7-16)26-19(22-20)18-8-5-13-25-18/h2-13H,14H2,1H3. The van der Waals surface area contributed by atoms with E-state index in [9.17, 15) is 8.42 Å². The molecule has 0 atom stereocenters.